The zero-order valence-electron chi connectivity index (χ0n) is 16.9. The number of hydrogen-bond acceptors (Lipinski definition) is 1. The highest BCUT2D eigenvalue weighted by Gasteiger charge is 2.13. The van der Waals surface area contributed by atoms with Crippen LogP contribution in [0.25, 0.3) is 55.3 Å². The van der Waals surface area contributed by atoms with Crippen LogP contribution in [0, 0.1) is 0 Å². The Hall–Kier alpha value is -4.17. The number of nitrogens with zero attached hydrogens (tertiary/aromatic N) is 1. The molecule has 0 aliphatic heterocycles. The van der Waals surface area contributed by atoms with Gasteiger partial charge in [-0.2, -0.15) is 0 Å². The van der Waals surface area contributed by atoms with Gasteiger partial charge in [0.2, 0.25) is 0 Å². The number of para-hydroxylation sites is 2. The molecule has 2 aromatic heterocycles. The highest BCUT2D eigenvalue weighted by Crippen LogP contribution is 2.37. The molecule has 0 spiro atoms. The summed E-state index contributed by atoms with van der Waals surface area (Å²) in [7, 11) is 0. The Morgan fingerprint density at radius 2 is 1.13 bits per heavy atom. The topological polar surface area (TPSA) is 28.7 Å². The fourth-order valence-corrected chi connectivity index (χ4v) is 4.42. The summed E-state index contributed by atoms with van der Waals surface area (Å²) in [6.07, 6.45) is 1.84. The molecular formula is C29H20N2. The Balaban J connectivity index is 1.58. The van der Waals surface area contributed by atoms with Gasteiger partial charge in [0.15, 0.2) is 0 Å². The maximum absolute atomic E-state index is 4.58. The number of fused-ring (bicyclic) bond motifs is 3. The number of pyridine rings is 1. The van der Waals surface area contributed by atoms with Crippen LogP contribution in [0.4, 0.5) is 0 Å². The second-order valence-corrected chi connectivity index (χ2v) is 7.74. The van der Waals surface area contributed by atoms with Crippen molar-refractivity contribution in [2.24, 2.45) is 0 Å². The van der Waals surface area contributed by atoms with E-state index < -0.39 is 0 Å². The van der Waals surface area contributed by atoms with Gasteiger partial charge in [-0.15, -0.1) is 0 Å². The molecule has 0 saturated carbocycles. The summed E-state index contributed by atoms with van der Waals surface area (Å²) in [5.74, 6) is 0. The van der Waals surface area contributed by atoms with Crippen molar-refractivity contribution < 1.29 is 0 Å². The van der Waals surface area contributed by atoms with Crippen molar-refractivity contribution >= 4 is 21.8 Å². The van der Waals surface area contributed by atoms with Crippen molar-refractivity contribution in [3.05, 3.63) is 115 Å². The second kappa shape index (κ2) is 7.26. The number of rotatable bonds is 3. The molecule has 6 aromatic rings. The van der Waals surface area contributed by atoms with Crippen molar-refractivity contribution in [2.45, 2.75) is 0 Å². The minimum absolute atomic E-state index is 0.979. The lowest BCUT2D eigenvalue weighted by atomic mass is 9.97. The molecule has 0 radical (unpaired) electrons. The van der Waals surface area contributed by atoms with Crippen molar-refractivity contribution in [3.8, 4) is 33.5 Å². The maximum atomic E-state index is 4.58. The first kappa shape index (κ1) is 17.7. The Kier molecular flexibility index (Phi) is 4.14. The van der Waals surface area contributed by atoms with Crippen LogP contribution in [0.3, 0.4) is 0 Å². The molecule has 0 aliphatic carbocycles. The number of aromatic amines is 1. The van der Waals surface area contributed by atoms with E-state index in [0.29, 0.717) is 0 Å². The Labute approximate surface area is 180 Å². The molecule has 4 aromatic carbocycles. The molecule has 146 valence electrons. The van der Waals surface area contributed by atoms with Gasteiger partial charge in [0.1, 0.15) is 0 Å². The van der Waals surface area contributed by atoms with Crippen molar-refractivity contribution in [1.82, 2.24) is 9.97 Å². The van der Waals surface area contributed by atoms with E-state index in [-0.39, 0.29) is 0 Å². The highest BCUT2D eigenvalue weighted by molar-refractivity contribution is 6.15. The fraction of sp³-hybridized carbons (Fsp3) is 0. The van der Waals surface area contributed by atoms with Gasteiger partial charge in [0.25, 0.3) is 0 Å². The summed E-state index contributed by atoms with van der Waals surface area (Å²) in [6.45, 7) is 0. The number of H-pyrrole nitrogens is 1. The number of nitrogens with one attached hydrogen (secondary N) is 1. The predicted octanol–water partition coefficient (Wildman–Crippen LogP) is 7.72. The minimum atomic E-state index is 0.979. The summed E-state index contributed by atoms with van der Waals surface area (Å²) < 4.78 is 0. The van der Waals surface area contributed by atoms with Gasteiger partial charge in [-0.05, 0) is 34.9 Å². The summed E-state index contributed by atoms with van der Waals surface area (Å²) in [5, 5.41) is 2.45. The summed E-state index contributed by atoms with van der Waals surface area (Å²) >= 11 is 0. The number of aromatic nitrogens is 2. The lowest BCUT2D eigenvalue weighted by molar-refractivity contribution is 1.33. The van der Waals surface area contributed by atoms with Crippen LogP contribution >= 0.6 is 0 Å². The Bertz CT molecular complexity index is 1510. The van der Waals surface area contributed by atoms with Crippen LogP contribution in [0.15, 0.2) is 115 Å². The molecule has 0 bridgehead atoms. The zero-order valence-corrected chi connectivity index (χ0v) is 16.9. The van der Waals surface area contributed by atoms with Crippen LogP contribution in [-0.4, -0.2) is 9.97 Å². The van der Waals surface area contributed by atoms with Crippen molar-refractivity contribution in [2.75, 3.05) is 0 Å². The van der Waals surface area contributed by atoms with E-state index in [0.717, 1.165) is 22.3 Å². The molecular weight excluding hydrogens is 376 g/mol. The molecule has 0 unspecified atom stereocenters. The summed E-state index contributed by atoms with van der Waals surface area (Å²) in [5.41, 5.74) is 9.25. The molecule has 0 saturated heterocycles. The highest BCUT2D eigenvalue weighted by atomic mass is 14.7. The Morgan fingerprint density at radius 3 is 1.90 bits per heavy atom. The normalized spacial score (nSPS) is 11.2. The SMILES string of the molecule is c1ccc(-c2cccc(-c3cccc4c3[nH]c3c(-c5ccccn5)cccc34)c2)cc1. The molecule has 31 heavy (non-hydrogen) atoms. The van der Waals surface area contributed by atoms with Gasteiger partial charge >= 0.3 is 0 Å². The zero-order chi connectivity index (χ0) is 20.6. The summed E-state index contributed by atoms with van der Waals surface area (Å²) in [6, 6.07) is 38.3. The van der Waals surface area contributed by atoms with E-state index in [1.54, 1.807) is 0 Å². The van der Waals surface area contributed by atoms with E-state index in [1.807, 2.05) is 18.3 Å². The molecule has 6 rings (SSSR count). The molecule has 0 aliphatic rings. The molecule has 2 heteroatoms. The quantitative estimate of drug-likeness (QED) is 0.326. The van der Waals surface area contributed by atoms with Crippen molar-refractivity contribution in [3.63, 3.8) is 0 Å². The lowest BCUT2D eigenvalue weighted by Crippen LogP contribution is -1.84. The van der Waals surface area contributed by atoms with E-state index in [1.165, 1.54) is 33.0 Å². The molecule has 2 heterocycles. The maximum Gasteiger partial charge on any atom is 0.0723 e. The van der Waals surface area contributed by atoms with Crippen molar-refractivity contribution in [1.29, 1.82) is 0 Å². The van der Waals surface area contributed by atoms with Crippen LogP contribution in [0.5, 0.6) is 0 Å². The molecule has 0 atom stereocenters. The van der Waals surface area contributed by atoms with Crippen LogP contribution in [0.2, 0.25) is 0 Å². The fourth-order valence-electron chi connectivity index (χ4n) is 4.42. The van der Waals surface area contributed by atoms with E-state index in [4.69, 9.17) is 0 Å². The first-order valence-corrected chi connectivity index (χ1v) is 10.5. The monoisotopic (exact) mass is 396 g/mol. The molecule has 2 nitrogen and oxygen atoms in total. The van der Waals surface area contributed by atoms with E-state index in [9.17, 15) is 0 Å². The largest absolute Gasteiger partial charge is 0.353 e. The standard InChI is InChI=1S/C29H20N2/c1-2-9-20(10-3-1)21-11-6-12-22(19-21)23-13-7-14-24-25-15-8-16-26(29(25)31-28(23)24)27-17-4-5-18-30-27/h1-19,31H. The number of benzene rings is 4. The van der Waals surface area contributed by atoms with Gasteiger partial charge in [0, 0.05) is 28.1 Å². The third kappa shape index (κ3) is 3.01. The minimum Gasteiger partial charge on any atom is -0.353 e. The molecule has 0 fully saturated rings. The van der Waals surface area contributed by atoms with Gasteiger partial charge in [-0.25, -0.2) is 0 Å². The number of hydrogen-bond donors (Lipinski definition) is 1. The Morgan fingerprint density at radius 1 is 0.484 bits per heavy atom. The van der Waals surface area contributed by atoms with Gasteiger partial charge < -0.3 is 4.98 Å². The van der Waals surface area contributed by atoms with E-state index >= 15 is 0 Å². The first-order valence-electron chi connectivity index (χ1n) is 10.5. The van der Waals surface area contributed by atoms with E-state index in [2.05, 4.69) is 107 Å². The van der Waals surface area contributed by atoms with Gasteiger partial charge in [0.05, 0.1) is 16.7 Å². The van der Waals surface area contributed by atoms with Crippen LogP contribution < -0.4 is 0 Å². The third-order valence-corrected chi connectivity index (χ3v) is 5.89. The summed E-state index contributed by atoms with van der Waals surface area (Å²) in [4.78, 5) is 8.31. The van der Waals surface area contributed by atoms with Gasteiger partial charge in [-0.1, -0.05) is 91.0 Å². The van der Waals surface area contributed by atoms with Crippen LogP contribution in [-0.2, 0) is 0 Å². The first-order chi connectivity index (χ1) is 15.4. The molecule has 1 N–H and O–H groups in total. The average Bonchev–Trinajstić information content (AvgIpc) is 3.24. The molecule has 0 amide bonds. The lowest BCUT2D eigenvalue weighted by Gasteiger charge is -2.07. The second-order valence-electron chi connectivity index (χ2n) is 7.74. The van der Waals surface area contributed by atoms with Gasteiger partial charge in [-0.3, -0.25) is 4.98 Å². The predicted molar refractivity (Wildman–Crippen MR) is 130 cm³/mol. The average molecular weight is 396 g/mol. The van der Waals surface area contributed by atoms with Crippen LogP contribution in [0.1, 0.15) is 0 Å². The third-order valence-electron chi connectivity index (χ3n) is 5.89. The smallest absolute Gasteiger partial charge is 0.0723 e.